The van der Waals surface area contributed by atoms with Gasteiger partial charge in [-0.2, -0.15) is 0 Å². The average molecular weight is 410 g/mol. The number of carbonyl (C=O) groups is 1. The molecule has 0 aliphatic heterocycles. The normalized spacial score (nSPS) is 10.5. The fourth-order valence-corrected chi connectivity index (χ4v) is 3.01. The lowest BCUT2D eigenvalue weighted by Crippen LogP contribution is -2.24. The van der Waals surface area contributed by atoms with Crippen LogP contribution >= 0.6 is 0 Å². The van der Waals surface area contributed by atoms with Crippen molar-refractivity contribution in [1.82, 2.24) is 10.5 Å². The fraction of sp³-hybridized carbons (Fsp3) is 0.304. The Morgan fingerprint density at radius 2 is 1.70 bits per heavy atom. The van der Waals surface area contributed by atoms with Crippen molar-refractivity contribution in [2.24, 2.45) is 0 Å². The highest BCUT2D eigenvalue weighted by molar-refractivity contribution is 5.78. The largest absolute Gasteiger partial charge is 0.493 e. The van der Waals surface area contributed by atoms with Crippen LogP contribution < -0.4 is 19.5 Å². The SMILES string of the molecule is COc1ccc(CNC(=O)Cc2ccc(OCc3c(C)noc3C)cc2)cc1OC. The molecule has 1 aromatic heterocycles. The molecule has 0 spiro atoms. The minimum Gasteiger partial charge on any atom is -0.493 e. The number of methoxy groups -OCH3 is 2. The van der Waals surface area contributed by atoms with Crippen molar-refractivity contribution in [2.45, 2.75) is 33.4 Å². The molecule has 30 heavy (non-hydrogen) atoms. The number of amides is 1. The van der Waals surface area contributed by atoms with E-state index >= 15 is 0 Å². The van der Waals surface area contributed by atoms with Crippen LogP contribution in [0.1, 0.15) is 28.1 Å². The fourth-order valence-electron chi connectivity index (χ4n) is 3.01. The van der Waals surface area contributed by atoms with Crippen LogP contribution in [0.2, 0.25) is 0 Å². The Morgan fingerprint density at radius 1 is 1.00 bits per heavy atom. The molecule has 3 aromatic rings. The van der Waals surface area contributed by atoms with E-state index in [9.17, 15) is 4.79 Å². The topological polar surface area (TPSA) is 82.8 Å². The van der Waals surface area contributed by atoms with Crippen LogP contribution in [-0.4, -0.2) is 25.3 Å². The third-order valence-electron chi connectivity index (χ3n) is 4.79. The van der Waals surface area contributed by atoms with Crippen LogP contribution in [-0.2, 0) is 24.4 Å². The van der Waals surface area contributed by atoms with Gasteiger partial charge in [-0.05, 0) is 49.2 Å². The molecule has 1 heterocycles. The Balaban J connectivity index is 1.49. The Morgan fingerprint density at radius 3 is 2.33 bits per heavy atom. The van der Waals surface area contributed by atoms with Gasteiger partial charge in [-0.3, -0.25) is 4.79 Å². The van der Waals surface area contributed by atoms with E-state index in [0.29, 0.717) is 24.7 Å². The molecule has 158 valence electrons. The molecule has 7 heteroatoms. The van der Waals surface area contributed by atoms with E-state index in [-0.39, 0.29) is 12.3 Å². The zero-order valence-corrected chi connectivity index (χ0v) is 17.7. The second-order valence-electron chi connectivity index (χ2n) is 6.88. The molecule has 0 atom stereocenters. The van der Waals surface area contributed by atoms with Gasteiger partial charge >= 0.3 is 0 Å². The van der Waals surface area contributed by atoms with Gasteiger partial charge in [-0.1, -0.05) is 23.4 Å². The third-order valence-corrected chi connectivity index (χ3v) is 4.79. The lowest BCUT2D eigenvalue weighted by atomic mass is 10.1. The molecule has 2 aromatic carbocycles. The summed E-state index contributed by atoms with van der Waals surface area (Å²) in [5, 5.41) is 6.84. The Hall–Kier alpha value is -3.48. The number of nitrogens with zero attached hydrogens (tertiary/aromatic N) is 1. The second-order valence-corrected chi connectivity index (χ2v) is 6.88. The molecular formula is C23H26N2O5. The summed E-state index contributed by atoms with van der Waals surface area (Å²) in [6, 6.07) is 13.1. The van der Waals surface area contributed by atoms with Crippen LogP contribution in [0.3, 0.4) is 0 Å². The highest BCUT2D eigenvalue weighted by atomic mass is 16.5. The minimum absolute atomic E-state index is 0.0609. The summed E-state index contributed by atoms with van der Waals surface area (Å²) in [5.41, 5.74) is 3.62. The lowest BCUT2D eigenvalue weighted by Gasteiger charge is -2.11. The van der Waals surface area contributed by atoms with E-state index < -0.39 is 0 Å². The maximum atomic E-state index is 12.3. The van der Waals surface area contributed by atoms with Gasteiger partial charge in [0.15, 0.2) is 11.5 Å². The summed E-state index contributed by atoms with van der Waals surface area (Å²) in [7, 11) is 3.17. The van der Waals surface area contributed by atoms with E-state index in [2.05, 4.69) is 10.5 Å². The number of hydrogen-bond acceptors (Lipinski definition) is 6. The van der Waals surface area contributed by atoms with E-state index in [1.807, 2.05) is 56.3 Å². The monoisotopic (exact) mass is 410 g/mol. The van der Waals surface area contributed by atoms with Crippen molar-refractivity contribution < 1.29 is 23.5 Å². The van der Waals surface area contributed by atoms with E-state index in [1.165, 1.54) is 0 Å². The van der Waals surface area contributed by atoms with Crippen molar-refractivity contribution in [1.29, 1.82) is 0 Å². The number of ether oxygens (including phenoxy) is 3. The molecule has 0 unspecified atom stereocenters. The van der Waals surface area contributed by atoms with Crippen molar-refractivity contribution >= 4 is 5.91 Å². The average Bonchev–Trinajstić information content (AvgIpc) is 3.08. The van der Waals surface area contributed by atoms with Crippen molar-refractivity contribution in [2.75, 3.05) is 14.2 Å². The summed E-state index contributed by atoms with van der Waals surface area (Å²) in [5.74, 6) is 2.72. The second kappa shape index (κ2) is 9.82. The van der Waals surface area contributed by atoms with Gasteiger partial charge in [0.2, 0.25) is 5.91 Å². The smallest absolute Gasteiger partial charge is 0.224 e. The summed E-state index contributed by atoms with van der Waals surface area (Å²) >= 11 is 0. The number of carbonyl (C=O) groups excluding carboxylic acids is 1. The van der Waals surface area contributed by atoms with Gasteiger partial charge in [0, 0.05) is 6.54 Å². The summed E-state index contributed by atoms with van der Waals surface area (Å²) in [6.45, 7) is 4.56. The molecule has 3 rings (SSSR count). The number of nitrogens with one attached hydrogen (secondary N) is 1. The first kappa shape index (κ1) is 21.2. The molecule has 0 aliphatic rings. The predicted octanol–water partition coefficient (Wildman–Crippen LogP) is 3.75. The van der Waals surface area contributed by atoms with Crippen LogP contribution in [0.15, 0.2) is 47.0 Å². The molecule has 0 aliphatic carbocycles. The maximum absolute atomic E-state index is 12.3. The predicted molar refractivity (Wildman–Crippen MR) is 112 cm³/mol. The molecule has 1 amide bonds. The van der Waals surface area contributed by atoms with Gasteiger partial charge in [0.1, 0.15) is 18.1 Å². The van der Waals surface area contributed by atoms with Crippen molar-refractivity contribution in [3.63, 3.8) is 0 Å². The van der Waals surface area contributed by atoms with Gasteiger partial charge in [-0.15, -0.1) is 0 Å². The Labute approximate surface area is 175 Å². The highest BCUT2D eigenvalue weighted by Crippen LogP contribution is 2.27. The summed E-state index contributed by atoms with van der Waals surface area (Å²) < 4.78 is 21.4. The van der Waals surface area contributed by atoms with Crippen molar-refractivity contribution in [3.8, 4) is 17.2 Å². The number of benzene rings is 2. The highest BCUT2D eigenvalue weighted by Gasteiger charge is 2.10. The lowest BCUT2D eigenvalue weighted by molar-refractivity contribution is -0.120. The van der Waals surface area contributed by atoms with Crippen LogP contribution in [0.25, 0.3) is 0 Å². The molecule has 1 N–H and O–H groups in total. The van der Waals surface area contributed by atoms with Gasteiger partial charge in [0.05, 0.1) is 31.9 Å². The Kier molecular flexibility index (Phi) is 6.95. The van der Waals surface area contributed by atoms with E-state index in [1.54, 1.807) is 14.2 Å². The number of aromatic nitrogens is 1. The number of hydrogen-bond donors (Lipinski definition) is 1. The standard InChI is InChI=1S/C23H26N2O5/c1-15-20(16(2)30-25-15)14-29-19-8-5-17(6-9-19)12-23(26)24-13-18-7-10-21(27-3)22(11-18)28-4/h5-11H,12-14H2,1-4H3,(H,24,26). The van der Waals surface area contributed by atoms with E-state index in [0.717, 1.165) is 33.9 Å². The van der Waals surface area contributed by atoms with Gasteiger partial charge in [0.25, 0.3) is 0 Å². The molecule has 0 radical (unpaired) electrons. The van der Waals surface area contributed by atoms with Gasteiger partial charge in [-0.25, -0.2) is 0 Å². The molecule has 7 nitrogen and oxygen atoms in total. The number of rotatable bonds is 9. The molecular weight excluding hydrogens is 384 g/mol. The molecule has 0 bridgehead atoms. The maximum Gasteiger partial charge on any atom is 0.224 e. The first-order valence-electron chi connectivity index (χ1n) is 9.61. The summed E-state index contributed by atoms with van der Waals surface area (Å²) in [6.07, 6.45) is 0.289. The van der Waals surface area contributed by atoms with Crippen LogP contribution in [0.4, 0.5) is 0 Å². The molecule has 0 saturated heterocycles. The Bertz CT molecular complexity index is 976. The summed E-state index contributed by atoms with van der Waals surface area (Å²) in [4.78, 5) is 12.3. The van der Waals surface area contributed by atoms with Gasteiger partial charge < -0.3 is 24.1 Å². The molecule has 0 fully saturated rings. The van der Waals surface area contributed by atoms with Crippen LogP contribution in [0, 0.1) is 13.8 Å². The first-order valence-corrected chi connectivity index (χ1v) is 9.61. The molecule has 0 saturated carbocycles. The number of aryl methyl sites for hydroxylation is 2. The zero-order chi connectivity index (χ0) is 21.5. The van der Waals surface area contributed by atoms with Crippen molar-refractivity contribution in [3.05, 3.63) is 70.6 Å². The third kappa shape index (κ3) is 5.31. The quantitative estimate of drug-likeness (QED) is 0.579. The first-order chi connectivity index (χ1) is 14.5. The zero-order valence-electron chi connectivity index (χ0n) is 17.7. The minimum atomic E-state index is -0.0609. The van der Waals surface area contributed by atoms with Crippen LogP contribution in [0.5, 0.6) is 17.2 Å². The van der Waals surface area contributed by atoms with E-state index in [4.69, 9.17) is 18.7 Å².